The number of nitrogens with zero attached hydrogens (tertiary/aromatic N) is 1. The van der Waals surface area contributed by atoms with Crippen LogP contribution in [0.2, 0.25) is 0 Å². The van der Waals surface area contributed by atoms with Crippen molar-refractivity contribution in [1.82, 2.24) is 0 Å². The second kappa shape index (κ2) is 9.53. The van der Waals surface area contributed by atoms with Crippen molar-refractivity contribution in [2.24, 2.45) is 0 Å². The number of aryl methyl sites for hydroxylation is 1. The van der Waals surface area contributed by atoms with Crippen LogP contribution >= 0.6 is 0 Å². The van der Waals surface area contributed by atoms with Gasteiger partial charge in [-0.05, 0) is 42.8 Å². The van der Waals surface area contributed by atoms with Crippen molar-refractivity contribution in [3.8, 4) is 11.5 Å². The maximum absolute atomic E-state index is 13.4. The molecular weight excluding hydrogens is 416 g/mol. The Morgan fingerprint density at radius 2 is 1.55 bits per heavy atom. The first-order valence-electron chi connectivity index (χ1n) is 9.52. The quantitative estimate of drug-likeness (QED) is 0.575. The third-order valence-corrected chi connectivity index (χ3v) is 6.44. The molecule has 1 N–H and O–H groups in total. The first kappa shape index (κ1) is 22.2. The van der Waals surface area contributed by atoms with Gasteiger partial charge in [-0.25, -0.2) is 8.42 Å². The first-order valence-corrected chi connectivity index (χ1v) is 11.0. The molecule has 7 nitrogen and oxygen atoms in total. The van der Waals surface area contributed by atoms with Gasteiger partial charge in [0.1, 0.15) is 6.54 Å². The van der Waals surface area contributed by atoms with Crippen LogP contribution in [-0.2, 0) is 14.8 Å². The summed E-state index contributed by atoms with van der Waals surface area (Å²) in [5, 5.41) is 2.73. The number of ether oxygens (including phenoxy) is 2. The van der Waals surface area contributed by atoms with Crippen LogP contribution in [0, 0.1) is 6.92 Å². The topological polar surface area (TPSA) is 84.9 Å². The zero-order chi connectivity index (χ0) is 22.4. The van der Waals surface area contributed by atoms with Gasteiger partial charge >= 0.3 is 0 Å². The van der Waals surface area contributed by atoms with Crippen molar-refractivity contribution in [3.05, 3.63) is 78.4 Å². The van der Waals surface area contributed by atoms with Gasteiger partial charge in [0.2, 0.25) is 5.91 Å². The van der Waals surface area contributed by atoms with Crippen molar-refractivity contribution >= 4 is 27.3 Å². The maximum Gasteiger partial charge on any atom is 0.264 e. The van der Waals surface area contributed by atoms with Gasteiger partial charge in [-0.3, -0.25) is 9.10 Å². The smallest absolute Gasteiger partial charge is 0.264 e. The van der Waals surface area contributed by atoms with E-state index < -0.39 is 22.5 Å². The summed E-state index contributed by atoms with van der Waals surface area (Å²) in [4.78, 5) is 13.0. The number of nitrogens with one attached hydrogen (secondary N) is 1. The second-order valence-corrected chi connectivity index (χ2v) is 8.59. The lowest BCUT2D eigenvalue weighted by atomic mass is 10.2. The molecule has 0 unspecified atom stereocenters. The van der Waals surface area contributed by atoms with Crippen molar-refractivity contribution in [1.29, 1.82) is 0 Å². The van der Waals surface area contributed by atoms with Gasteiger partial charge in [0.05, 0.1) is 24.8 Å². The lowest BCUT2D eigenvalue weighted by Gasteiger charge is -2.25. The van der Waals surface area contributed by atoms with Crippen LogP contribution in [0.15, 0.2) is 77.7 Å². The minimum absolute atomic E-state index is 0.108. The zero-order valence-electron chi connectivity index (χ0n) is 17.5. The molecule has 8 heteroatoms. The number of hydrogen-bond donors (Lipinski definition) is 1. The minimum Gasteiger partial charge on any atom is -0.493 e. The Balaban J connectivity index is 1.92. The SMILES string of the molecule is COc1ccc(NC(=O)CN(c2ccccc2C)S(=O)(=O)c2ccccc2)cc1OC. The Labute approximate surface area is 182 Å². The summed E-state index contributed by atoms with van der Waals surface area (Å²) >= 11 is 0. The molecule has 3 rings (SSSR count). The zero-order valence-corrected chi connectivity index (χ0v) is 18.3. The van der Waals surface area contributed by atoms with E-state index >= 15 is 0 Å². The molecule has 0 aromatic heterocycles. The normalized spacial score (nSPS) is 10.9. The van der Waals surface area contributed by atoms with Gasteiger partial charge in [0.25, 0.3) is 10.0 Å². The summed E-state index contributed by atoms with van der Waals surface area (Å²) in [6, 6.07) is 20.0. The Kier molecular flexibility index (Phi) is 6.81. The Hall–Kier alpha value is -3.52. The monoisotopic (exact) mass is 440 g/mol. The fraction of sp³-hybridized carbons (Fsp3) is 0.174. The van der Waals surface area contributed by atoms with E-state index in [-0.39, 0.29) is 4.90 Å². The molecule has 0 radical (unpaired) electrons. The summed E-state index contributed by atoms with van der Waals surface area (Å²) in [5.74, 6) is 0.483. The Morgan fingerprint density at radius 3 is 2.19 bits per heavy atom. The molecule has 3 aromatic rings. The number of benzene rings is 3. The highest BCUT2D eigenvalue weighted by atomic mass is 32.2. The molecule has 0 aliphatic heterocycles. The number of hydrogen-bond acceptors (Lipinski definition) is 5. The fourth-order valence-corrected chi connectivity index (χ4v) is 4.61. The van der Waals surface area contributed by atoms with Gasteiger partial charge in [-0.1, -0.05) is 36.4 Å². The number of anilines is 2. The van der Waals surface area contributed by atoms with Crippen molar-refractivity contribution in [2.75, 3.05) is 30.4 Å². The molecule has 3 aromatic carbocycles. The minimum atomic E-state index is -3.96. The van der Waals surface area contributed by atoms with E-state index in [9.17, 15) is 13.2 Å². The van der Waals surface area contributed by atoms with Crippen LogP contribution in [-0.4, -0.2) is 35.1 Å². The number of sulfonamides is 1. The predicted octanol–water partition coefficient (Wildman–Crippen LogP) is 3.85. The van der Waals surface area contributed by atoms with Gasteiger partial charge in [-0.2, -0.15) is 0 Å². The molecule has 0 heterocycles. The van der Waals surface area contributed by atoms with E-state index in [2.05, 4.69) is 5.32 Å². The first-order chi connectivity index (χ1) is 14.9. The van der Waals surface area contributed by atoms with Gasteiger partial charge in [-0.15, -0.1) is 0 Å². The molecule has 0 spiro atoms. The van der Waals surface area contributed by atoms with Crippen molar-refractivity contribution in [3.63, 3.8) is 0 Å². The van der Waals surface area contributed by atoms with E-state index in [1.165, 1.54) is 26.4 Å². The summed E-state index contributed by atoms with van der Waals surface area (Å²) in [7, 11) is -0.945. The van der Waals surface area contributed by atoms with Crippen LogP contribution in [0.25, 0.3) is 0 Å². The van der Waals surface area contributed by atoms with Crippen LogP contribution in [0.3, 0.4) is 0 Å². The van der Waals surface area contributed by atoms with E-state index in [1.807, 2.05) is 6.07 Å². The fourth-order valence-electron chi connectivity index (χ4n) is 3.11. The molecule has 0 bridgehead atoms. The molecule has 0 aliphatic carbocycles. The third kappa shape index (κ3) is 4.97. The van der Waals surface area contributed by atoms with Crippen molar-refractivity contribution < 1.29 is 22.7 Å². The van der Waals surface area contributed by atoms with Crippen LogP contribution < -0.4 is 19.1 Å². The second-order valence-electron chi connectivity index (χ2n) is 6.73. The van der Waals surface area contributed by atoms with Crippen LogP contribution in [0.5, 0.6) is 11.5 Å². The maximum atomic E-state index is 13.4. The molecule has 1 amide bonds. The Morgan fingerprint density at radius 1 is 0.903 bits per heavy atom. The number of amides is 1. The number of rotatable bonds is 8. The highest BCUT2D eigenvalue weighted by molar-refractivity contribution is 7.92. The third-order valence-electron chi connectivity index (χ3n) is 4.67. The van der Waals surface area contributed by atoms with Crippen LogP contribution in [0.4, 0.5) is 11.4 Å². The summed E-state index contributed by atoms with van der Waals surface area (Å²) in [5.41, 5.74) is 1.64. The van der Waals surface area contributed by atoms with Crippen LogP contribution in [0.1, 0.15) is 5.56 Å². The molecule has 31 heavy (non-hydrogen) atoms. The molecular formula is C23H24N2O5S. The van der Waals surface area contributed by atoms with E-state index in [1.54, 1.807) is 61.5 Å². The number of para-hydroxylation sites is 1. The number of methoxy groups -OCH3 is 2. The van der Waals surface area contributed by atoms with Gasteiger partial charge in [0.15, 0.2) is 11.5 Å². The number of carbonyl (C=O) groups excluding carboxylic acids is 1. The number of carbonyl (C=O) groups is 1. The lowest BCUT2D eigenvalue weighted by molar-refractivity contribution is -0.114. The molecule has 0 fully saturated rings. The standard InChI is InChI=1S/C23H24N2O5S/c1-17-9-7-8-12-20(17)25(31(27,28)19-10-5-4-6-11-19)16-23(26)24-18-13-14-21(29-2)22(15-18)30-3/h4-15H,16H2,1-3H3,(H,24,26). The largest absolute Gasteiger partial charge is 0.493 e. The summed E-state index contributed by atoms with van der Waals surface area (Å²) < 4.78 is 38.3. The van der Waals surface area contributed by atoms with E-state index in [4.69, 9.17) is 9.47 Å². The molecule has 0 aliphatic rings. The molecule has 0 saturated carbocycles. The highest BCUT2D eigenvalue weighted by Gasteiger charge is 2.28. The molecule has 0 saturated heterocycles. The van der Waals surface area contributed by atoms with E-state index in [0.29, 0.717) is 22.9 Å². The molecule has 162 valence electrons. The summed E-state index contributed by atoms with van der Waals surface area (Å²) in [6.45, 7) is 1.41. The highest BCUT2D eigenvalue weighted by Crippen LogP contribution is 2.30. The van der Waals surface area contributed by atoms with Crippen molar-refractivity contribution in [2.45, 2.75) is 11.8 Å². The summed E-state index contributed by atoms with van der Waals surface area (Å²) in [6.07, 6.45) is 0. The molecule has 0 atom stereocenters. The van der Waals surface area contributed by atoms with Gasteiger partial charge in [0, 0.05) is 11.8 Å². The lowest BCUT2D eigenvalue weighted by Crippen LogP contribution is -2.38. The van der Waals surface area contributed by atoms with E-state index in [0.717, 1.165) is 9.87 Å². The predicted molar refractivity (Wildman–Crippen MR) is 120 cm³/mol. The Bertz CT molecular complexity index is 1160. The van der Waals surface area contributed by atoms with Gasteiger partial charge < -0.3 is 14.8 Å². The average molecular weight is 441 g/mol. The average Bonchev–Trinajstić information content (AvgIpc) is 2.78.